The van der Waals surface area contributed by atoms with Gasteiger partial charge in [0.1, 0.15) is 0 Å². The van der Waals surface area contributed by atoms with Gasteiger partial charge in [-0.05, 0) is 188 Å². The number of benzene rings is 5. The first kappa shape index (κ1) is 87.0. The Morgan fingerprint density at radius 1 is 0.606 bits per heavy atom. The molecular formula is C78H112N10O6. The van der Waals surface area contributed by atoms with Crippen molar-refractivity contribution in [1.82, 2.24) is 25.8 Å². The minimum Gasteiger partial charge on any atom is -0.478 e. The maximum absolute atomic E-state index is 13.1. The van der Waals surface area contributed by atoms with Gasteiger partial charge in [-0.15, -0.1) is 0 Å². The van der Waals surface area contributed by atoms with Crippen LogP contribution in [-0.2, 0) is 15.6 Å². The molecule has 0 bridgehead atoms. The first-order valence-corrected chi connectivity index (χ1v) is 32.4. The van der Waals surface area contributed by atoms with Crippen molar-refractivity contribution in [3.8, 4) is 23.3 Å². The lowest BCUT2D eigenvalue weighted by Gasteiger charge is -2.32. The molecule has 1 aromatic heterocycles. The number of aromatic nitrogens is 1. The Kier molecular flexibility index (Phi) is 40.4. The van der Waals surface area contributed by atoms with Crippen LogP contribution in [0.5, 0.6) is 0 Å². The van der Waals surface area contributed by atoms with E-state index < -0.39 is 11.5 Å². The summed E-state index contributed by atoms with van der Waals surface area (Å²) in [6, 6.07) is 38.8. The topological polar surface area (TPSA) is 256 Å². The van der Waals surface area contributed by atoms with E-state index in [1.165, 1.54) is 5.56 Å². The molecule has 0 aliphatic carbocycles. The average Bonchev–Trinajstić information content (AvgIpc) is 0.843. The van der Waals surface area contributed by atoms with Crippen LogP contribution in [0.2, 0.25) is 0 Å². The van der Waals surface area contributed by atoms with Gasteiger partial charge in [0.25, 0.3) is 17.7 Å². The molecule has 7 N–H and O–H groups in total. The van der Waals surface area contributed by atoms with Crippen LogP contribution in [0.15, 0.2) is 133 Å². The van der Waals surface area contributed by atoms with Crippen molar-refractivity contribution >= 4 is 47.1 Å². The highest BCUT2D eigenvalue weighted by atomic mass is 16.4. The van der Waals surface area contributed by atoms with Gasteiger partial charge < -0.3 is 37.0 Å². The van der Waals surface area contributed by atoms with Crippen LogP contribution in [0.4, 0.5) is 5.69 Å². The highest BCUT2D eigenvalue weighted by Crippen LogP contribution is 2.29. The molecule has 510 valence electrons. The second kappa shape index (κ2) is 43.7. The number of aryl methyl sites for hydroxylation is 3. The number of pyridine rings is 1. The predicted octanol–water partition coefficient (Wildman–Crippen LogP) is 16.3. The van der Waals surface area contributed by atoms with E-state index in [2.05, 4.69) is 89.0 Å². The summed E-state index contributed by atoms with van der Waals surface area (Å²) in [5.74, 6) is -1.47. The molecule has 16 nitrogen and oxygen atoms in total. The van der Waals surface area contributed by atoms with E-state index in [1.807, 2.05) is 199 Å². The molecule has 0 saturated heterocycles. The lowest BCUT2D eigenvalue weighted by molar-refractivity contribution is -0.109. The van der Waals surface area contributed by atoms with Crippen LogP contribution in [0.25, 0.3) is 16.7 Å². The van der Waals surface area contributed by atoms with Crippen LogP contribution in [0, 0.1) is 43.4 Å². The minimum atomic E-state index is -0.875. The fraction of sp³-hybridized carbons (Fsp3) is 0.423. The minimum absolute atomic E-state index is 0.123. The van der Waals surface area contributed by atoms with Gasteiger partial charge in [0, 0.05) is 76.5 Å². The molecule has 94 heavy (non-hydrogen) atoms. The van der Waals surface area contributed by atoms with E-state index in [4.69, 9.17) is 16.1 Å². The molecule has 0 atom stereocenters. The summed E-state index contributed by atoms with van der Waals surface area (Å²) in [5, 5.41) is 38.1. The predicted molar refractivity (Wildman–Crippen MR) is 393 cm³/mol. The molecule has 16 heteroatoms. The number of likely N-dealkylation sites (N-methyl/N-ethyl adjacent to an activating group) is 1. The molecule has 5 aromatic carbocycles. The van der Waals surface area contributed by atoms with E-state index >= 15 is 0 Å². The number of carboxylic acid groups (broad SMARTS) is 1. The fourth-order valence-electron chi connectivity index (χ4n) is 7.91. The second-order valence-electron chi connectivity index (χ2n) is 24.5. The molecule has 6 aromatic rings. The highest BCUT2D eigenvalue weighted by Gasteiger charge is 2.23. The molecular weight excluding hydrogens is 1170 g/mol. The zero-order valence-corrected chi connectivity index (χ0v) is 61.3. The number of rotatable bonds is 17. The van der Waals surface area contributed by atoms with Gasteiger partial charge in [-0.1, -0.05) is 151 Å². The summed E-state index contributed by atoms with van der Waals surface area (Å²) < 4.78 is 0. The van der Waals surface area contributed by atoms with E-state index in [-0.39, 0.29) is 34.1 Å². The Balaban J connectivity index is 0. The fourth-order valence-corrected chi connectivity index (χ4v) is 7.91. The summed E-state index contributed by atoms with van der Waals surface area (Å²) in [6.07, 6.45) is 4.19. The molecule has 0 fully saturated rings. The standard InChI is InChI=1S/C31H37N5O2.C19H28N4O2.C12H15N.C8H8O2.4C2H6/c1-20-27(22-9-11-23(12-10-22)28(37)34-19-31(5,6)36(7)8)16-26(18-33-20)35-29(38)24-13-21(17-32)14-25(15-24)30(2,3)4;1-5-22-14(2)17(10-11-21-13-24)15-6-8-16(9-7-15)18(25)23-12-19(3,4)20;1-9-5-10(8-13)7-11(6-9)12(2,3)4;1-6-2-4-7(5-3-6)8(9)10;4*1-2/h9-16,18H,19H2,1-8H3,(H,34,37)(H,35,38);6-10,13H,5,11-12,20H2,1-4H3,(H,21,24)(H,23,25);5-7H,1-4H3;2-5H,1H3,(H,9,10);4*1-2H3/b;17-10+,22-14?;;;;;;. The smallest absolute Gasteiger partial charge is 0.335 e. The second-order valence-corrected chi connectivity index (χ2v) is 24.5. The van der Waals surface area contributed by atoms with Gasteiger partial charge in [-0.2, -0.15) is 10.5 Å². The van der Waals surface area contributed by atoms with Gasteiger partial charge in [-0.25, -0.2) is 4.79 Å². The number of nitrogens with one attached hydrogen (secondary N) is 4. The Labute approximate surface area is 565 Å². The maximum atomic E-state index is 13.1. The molecule has 0 unspecified atom stereocenters. The van der Waals surface area contributed by atoms with Crippen LogP contribution < -0.4 is 27.0 Å². The third-order valence-electron chi connectivity index (χ3n) is 13.7. The Morgan fingerprint density at radius 2 is 1.06 bits per heavy atom. The number of nitriles is 2. The molecule has 0 spiro atoms. The molecule has 0 saturated carbocycles. The number of allylic oxidation sites excluding steroid dienone is 1. The van der Waals surface area contributed by atoms with Crippen molar-refractivity contribution in [1.29, 1.82) is 10.5 Å². The summed E-state index contributed by atoms with van der Waals surface area (Å²) in [5.41, 5.74) is 18.5. The van der Waals surface area contributed by atoms with Gasteiger partial charge in [0.15, 0.2) is 0 Å². The molecule has 4 amide bonds. The van der Waals surface area contributed by atoms with Crippen LogP contribution in [-0.4, -0.2) is 102 Å². The van der Waals surface area contributed by atoms with Gasteiger partial charge >= 0.3 is 5.97 Å². The Morgan fingerprint density at radius 3 is 1.51 bits per heavy atom. The molecule has 6 rings (SSSR count). The van der Waals surface area contributed by atoms with Crippen LogP contribution in [0.3, 0.4) is 0 Å². The average molecular weight is 1290 g/mol. The zero-order valence-electron chi connectivity index (χ0n) is 61.3. The number of hydrogen-bond acceptors (Lipinski definition) is 11. The molecule has 0 aliphatic heterocycles. The Hall–Kier alpha value is -9.09. The van der Waals surface area contributed by atoms with Crippen molar-refractivity contribution in [2.45, 2.75) is 181 Å². The first-order valence-electron chi connectivity index (χ1n) is 32.4. The van der Waals surface area contributed by atoms with Crippen molar-refractivity contribution in [3.05, 3.63) is 194 Å². The molecule has 0 aliphatic rings. The van der Waals surface area contributed by atoms with E-state index in [1.54, 1.807) is 60.8 Å². The van der Waals surface area contributed by atoms with Crippen LogP contribution in [0.1, 0.15) is 225 Å². The van der Waals surface area contributed by atoms with E-state index in [0.717, 1.165) is 55.9 Å². The number of hydrogen-bond donors (Lipinski definition) is 6. The number of aliphatic imine (C=N–C) groups is 1. The number of nitrogens with zero attached hydrogens (tertiary/aromatic N) is 5. The van der Waals surface area contributed by atoms with Gasteiger partial charge in [0.2, 0.25) is 6.41 Å². The van der Waals surface area contributed by atoms with Crippen molar-refractivity contribution in [2.75, 3.05) is 45.6 Å². The first-order chi connectivity index (χ1) is 44.1. The molecule has 0 radical (unpaired) electrons. The maximum Gasteiger partial charge on any atom is 0.335 e. The van der Waals surface area contributed by atoms with E-state index in [9.17, 15) is 29.2 Å². The summed E-state index contributed by atoms with van der Waals surface area (Å²) in [6.45, 7) is 48.2. The largest absolute Gasteiger partial charge is 0.478 e. The van der Waals surface area contributed by atoms with Crippen molar-refractivity contribution in [3.63, 3.8) is 0 Å². The summed E-state index contributed by atoms with van der Waals surface area (Å²) >= 11 is 0. The normalized spacial score (nSPS) is 10.9. The monoisotopic (exact) mass is 1280 g/mol. The third-order valence-corrected chi connectivity index (χ3v) is 13.7. The van der Waals surface area contributed by atoms with Crippen molar-refractivity contribution < 1.29 is 29.1 Å². The zero-order chi connectivity index (χ0) is 72.7. The lowest BCUT2D eigenvalue weighted by Crippen LogP contribution is -2.48. The number of carboxylic acids is 1. The summed E-state index contributed by atoms with van der Waals surface area (Å²) in [4.78, 5) is 69.7. The van der Waals surface area contributed by atoms with Crippen LogP contribution >= 0.6 is 0 Å². The number of anilines is 1. The van der Waals surface area contributed by atoms with Gasteiger partial charge in [-0.3, -0.25) is 29.2 Å². The number of amides is 4. The van der Waals surface area contributed by atoms with E-state index in [0.29, 0.717) is 66.1 Å². The number of carbonyl (C=O) groups is 5. The number of nitrogens with two attached hydrogens (primary N) is 1. The summed E-state index contributed by atoms with van der Waals surface area (Å²) in [7, 11) is 3.97. The highest BCUT2D eigenvalue weighted by molar-refractivity contribution is 6.22. The Bertz CT molecular complexity index is 3440. The SMILES string of the molecule is CC.CC.CC.CC.CCN=C(C)/C(=C\CNC=O)c1ccc(C(=O)NCC(C)(C)N)cc1.Cc1cc(C#N)cc(C(C)(C)C)c1.Cc1ccc(C(=O)O)cc1.Cc1ncc(NC(=O)c2cc(C#N)cc(C(C)(C)C)c2)cc1-c1ccc(C(=O)NCC(C)(C)N(C)C)cc1. The molecule has 1 heterocycles. The number of aromatic carboxylic acids is 1. The van der Waals surface area contributed by atoms with Crippen molar-refractivity contribution in [2.24, 2.45) is 10.7 Å². The quantitative estimate of drug-likeness (QED) is 0.0284. The number of carbonyl (C=O) groups excluding carboxylic acids is 4. The lowest BCUT2D eigenvalue weighted by atomic mass is 9.85. The van der Waals surface area contributed by atoms with Gasteiger partial charge in [0.05, 0.1) is 40.7 Å². The third kappa shape index (κ3) is 32.0.